The number of rotatable bonds is 6. The molecule has 1 aromatic carbocycles. The molecule has 0 aromatic heterocycles. The van der Waals surface area contributed by atoms with Gasteiger partial charge in [-0.15, -0.1) is 0 Å². The normalized spacial score (nSPS) is 37.8. The van der Waals surface area contributed by atoms with Gasteiger partial charge in [-0.3, -0.25) is 9.63 Å². The van der Waals surface area contributed by atoms with Crippen LogP contribution in [0.5, 0.6) is 0 Å². The second kappa shape index (κ2) is 8.89. The van der Waals surface area contributed by atoms with Gasteiger partial charge in [-0.1, -0.05) is 32.9 Å². The van der Waals surface area contributed by atoms with Gasteiger partial charge in [-0.25, -0.2) is 0 Å². The second-order valence-corrected chi connectivity index (χ2v) is 11.6. The number of hydrogen-bond acceptors (Lipinski definition) is 5. The van der Waals surface area contributed by atoms with Crippen LogP contribution in [-0.2, 0) is 16.2 Å². The minimum absolute atomic E-state index is 0.108. The first-order chi connectivity index (χ1) is 14.6. The molecule has 0 spiro atoms. The second-order valence-electron chi connectivity index (χ2n) is 10.4. The number of aliphatic hydroxyl groups excluding tert-OH is 2. The molecule has 0 radical (unpaired) electrons. The van der Waals surface area contributed by atoms with E-state index in [9.17, 15) is 15.0 Å². The Labute approximate surface area is 198 Å². The fourth-order valence-corrected chi connectivity index (χ4v) is 6.91. The number of hydroxylamine groups is 2. The highest BCUT2D eigenvalue weighted by Crippen LogP contribution is 2.61. The Kier molecular flexibility index (Phi) is 6.72. The van der Waals surface area contributed by atoms with Crippen molar-refractivity contribution in [2.75, 3.05) is 6.61 Å². The van der Waals surface area contributed by atoms with Crippen LogP contribution in [-0.4, -0.2) is 52.1 Å². The highest BCUT2D eigenvalue weighted by Gasteiger charge is 2.57. The molecule has 1 unspecified atom stereocenters. The monoisotopic (exact) mass is 542 g/mol. The molecule has 4 aliphatic rings. The van der Waals surface area contributed by atoms with E-state index in [0.29, 0.717) is 29.7 Å². The van der Waals surface area contributed by atoms with Crippen LogP contribution in [0, 0.1) is 32.7 Å². The van der Waals surface area contributed by atoms with Gasteiger partial charge in [-0.2, -0.15) is 5.06 Å². The number of aliphatic hydroxyl groups is 2. The van der Waals surface area contributed by atoms with E-state index >= 15 is 0 Å². The molecule has 1 amide bonds. The SMILES string of the molecule is C[C@H](O)[C@@H]1[C@H](CO)ON(Cc2cccc(I)c2)[C@@H]1C(=O)NC1C[C@@H]2C[C@H]([C@@H]1C)C2(C)C. The van der Waals surface area contributed by atoms with Crippen molar-refractivity contribution in [3.8, 4) is 0 Å². The van der Waals surface area contributed by atoms with Gasteiger partial charge in [0, 0.05) is 15.5 Å². The molecule has 1 heterocycles. The summed E-state index contributed by atoms with van der Waals surface area (Å²) in [5.74, 6) is 1.12. The molecule has 172 valence electrons. The average Bonchev–Trinajstić information content (AvgIpc) is 3.07. The molecule has 2 bridgehead atoms. The predicted molar refractivity (Wildman–Crippen MR) is 127 cm³/mol. The Bertz CT molecular complexity index is 817. The summed E-state index contributed by atoms with van der Waals surface area (Å²) in [5, 5.41) is 25.3. The lowest BCUT2D eigenvalue weighted by molar-refractivity contribution is -0.183. The predicted octanol–water partition coefficient (Wildman–Crippen LogP) is 2.95. The van der Waals surface area contributed by atoms with Gasteiger partial charge in [0.2, 0.25) is 5.91 Å². The molecule has 1 saturated heterocycles. The molecule has 3 saturated carbocycles. The molecule has 1 aromatic rings. The smallest absolute Gasteiger partial charge is 0.240 e. The number of carbonyl (C=O) groups is 1. The van der Waals surface area contributed by atoms with Gasteiger partial charge in [0.25, 0.3) is 0 Å². The summed E-state index contributed by atoms with van der Waals surface area (Å²) in [7, 11) is 0. The van der Waals surface area contributed by atoms with Gasteiger partial charge >= 0.3 is 0 Å². The van der Waals surface area contributed by atoms with Crippen LogP contribution in [0.3, 0.4) is 0 Å². The summed E-state index contributed by atoms with van der Waals surface area (Å²) in [6.07, 6.45) is 0.887. The van der Waals surface area contributed by atoms with E-state index in [4.69, 9.17) is 4.84 Å². The molecule has 6 nitrogen and oxygen atoms in total. The largest absolute Gasteiger partial charge is 0.394 e. The van der Waals surface area contributed by atoms with Crippen molar-refractivity contribution in [1.82, 2.24) is 10.4 Å². The van der Waals surface area contributed by atoms with Crippen LogP contribution >= 0.6 is 22.6 Å². The van der Waals surface area contributed by atoms with Gasteiger partial charge in [0.05, 0.1) is 19.3 Å². The van der Waals surface area contributed by atoms with Crippen LogP contribution in [0.1, 0.15) is 46.1 Å². The zero-order valence-electron chi connectivity index (χ0n) is 18.8. The van der Waals surface area contributed by atoms with Crippen molar-refractivity contribution in [2.24, 2.45) is 29.1 Å². The Balaban J connectivity index is 1.53. The van der Waals surface area contributed by atoms with Gasteiger partial charge in [0.15, 0.2) is 0 Å². The number of nitrogens with zero attached hydrogens (tertiary/aromatic N) is 1. The maximum atomic E-state index is 13.6. The fraction of sp³-hybridized carbons (Fsp3) is 0.708. The maximum Gasteiger partial charge on any atom is 0.240 e. The summed E-state index contributed by atoms with van der Waals surface area (Å²) in [4.78, 5) is 19.6. The van der Waals surface area contributed by atoms with Gasteiger partial charge in [-0.05, 0) is 83.2 Å². The van der Waals surface area contributed by atoms with Crippen molar-refractivity contribution in [3.63, 3.8) is 0 Å². The van der Waals surface area contributed by atoms with Crippen LogP contribution in [0.15, 0.2) is 24.3 Å². The maximum absolute atomic E-state index is 13.6. The van der Waals surface area contributed by atoms with Crippen molar-refractivity contribution in [1.29, 1.82) is 0 Å². The van der Waals surface area contributed by atoms with Gasteiger partial charge < -0.3 is 15.5 Å². The van der Waals surface area contributed by atoms with Crippen LogP contribution in [0.25, 0.3) is 0 Å². The summed E-state index contributed by atoms with van der Waals surface area (Å²) < 4.78 is 1.11. The quantitative estimate of drug-likeness (QED) is 0.482. The third kappa shape index (κ3) is 4.28. The molecule has 5 rings (SSSR count). The van der Waals surface area contributed by atoms with E-state index in [2.05, 4.69) is 54.7 Å². The summed E-state index contributed by atoms with van der Waals surface area (Å²) >= 11 is 2.27. The third-order valence-corrected chi connectivity index (χ3v) is 8.96. The number of benzene rings is 1. The number of halogens is 1. The molecule has 8 atom stereocenters. The van der Waals surface area contributed by atoms with E-state index in [1.807, 2.05) is 18.2 Å². The first-order valence-electron chi connectivity index (χ1n) is 11.4. The average molecular weight is 542 g/mol. The molecular formula is C24H35IN2O4. The number of hydrogen-bond donors (Lipinski definition) is 3. The number of fused-ring (bicyclic) bond motifs is 2. The topological polar surface area (TPSA) is 82.0 Å². The minimum atomic E-state index is -0.773. The third-order valence-electron chi connectivity index (χ3n) is 8.29. The Morgan fingerprint density at radius 1 is 1.39 bits per heavy atom. The van der Waals surface area contributed by atoms with Crippen LogP contribution < -0.4 is 5.32 Å². The highest BCUT2D eigenvalue weighted by molar-refractivity contribution is 14.1. The molecule has 1 aliphatic heterocycles. The van der Waals surface area contributed by atoms with Crippen molar-refractivity contribution >= 4 is 28.5 Å². The van der Waals surface area contributed by atoms with E-state index in [0.717, 1.165) is 15.6 Å². The lowest BCUT2D eigenvalue weighted by atomic mass is 9.45. The Morgan fingerprint density at radius 3 is 2.71 bits per heavy atom. The molecule has 7 heteroatoms. The first-order valence-corrected chi connectivity index (χ1v) is 12.5. The first kappa shape index (κ1) is 23.4. The Hall–Kier alpha value is -0.740. The van der Waals surface area contributed by atoms with E-state index in [1.165, 1.54) is 6.42 Å². The van der Waals surface area contributed by atoms with Gasteiger partial charge in [0.1, 0.15) is 12.1 Å². The number of nitrogens with one attached hydrogen (secondary N) is 1. The lowest BCUT2D eigenvalue weighted by Crippen LogP contribution is -2.62. The van der Waals surface area contributed by atoms with Crippen LogP contribution in [0.4, 0.5) is 0 Å². The molecule has 3 N–H and O–H groups in total. The minimum Gasteiger partial charge on any atom is -0.394 e. The number of amides is 1. The zero-order valence-corrected chi connectivity index (χ0v) is 21.0. The van der Waals surface area contributed by atoms with E-state index in [1.54, 1.807) is 12.0 Å². The van der Waals surface area contributed by atoms with Crippen molar-refractivity contribution in [3.05, 3.63) is 33.4 Å². The molecular weight excluding hydrogens is 507 g/mol. The Morgan fingerprint density at radius 2 is 2.13 bits per heavy atom. The summed E-state index contributed by atoms with van der Waals surface area (Å²) in [6.45, 7) is 8.82. The standard InChI is InChI=1S/C24H35IN2O4/c1-13-18-9-16(24(18,3)4)10-19(13)26-23(30)22-21(14(2)29)20(12-28)31-27(22)11-15-6-5-7-17(25)8-15/h5-8,13-14,16,18-22,28-29H,9-12H2,1-4H3,(H,26,30)/t13-,14-,16-,18+,19?,20-,21+,22-/m0/s1. The van der Waals surface area contributed by atoms with Crippen molar-refractivity contribution in [2.45, 2.75) is 71.4 Å². The fourth-order valence-electron chi connectivity index (χ4n) is 6.30. The highest BCUT2D eigenvalue weighted by atomic mass is 127. The summed E-state index contributed by atoms with van der Waals surface area (Å²) in [5.41, 5.74) is 1.39. The van der Waals surface area contributed by atoms with Crippen LogP contribution in [0.2, 0.25) is 0 Å². The van der Waals surface area contributed by atoms with E-state index < -0.39 is 24.2 Å². The molecule has 3 aliphatic carbocycles. The lowest BCUT2D eigenvalue weighted by Gasteiger charge is -2.62. The van der Waals surface area contributed by atoms with E-state index in [-0.39, 0.29) is 18.6 Å². The zero-order chi connectivity index (χ0) is 22.5. The molecule has 31 heavy (non-hydrogen) atoms. The molecule has 4 fully saturated rings. The number of carbonyl (C=O) groups excluding carboxylic acids is 1. The summed E-state index contributed by atoms with van der Waals surface area (Å²) in [6, 6.07) is 7.56. The van der Waals surface area contributed by atoms with Crippen molar-refractivity contribution < 1.29 is 19.8 Å².